The van der Waals surface area contributed by atoms with E-state index in [0.29, 0.717) is 12.5 Å². The Morgan fingerprint density at radius 1 is 1.00 bits per heavy atom. The van der Waals surface area contributed by atoms with Crippen LogP contribution in [0.5, 0.6) is 0 Å². The Bertz CT molecular complexity index is 199. The summed E-state index contributed by atoms with van der Waals surface area (Å²) >= 11 is 0. The molecule has 2 heteroatoms. The standard InChI is InChI=1S/C14H27NO/c1-12-6-8-15(9-7-12)10-13-4-2-3-5-14(13)11-16/h12-14,16H,2-11H2,1H3. The lowest BCUT2D eigenvalue weighted by atomic mass is 9.79. The summed E-state index contributed by atoms with van der Waals surface area (Å²) in [7, 11) is 0. The maximum Gasteiger partial charge on any atom is 0.0462 e. The fourth-order valence-corrected chi connectivity index (χ4v) is 3.34. The summed E-state index contributed by atoms with van der Waals surface area (Å²) < 4.78 is 0. The molecule has 1 aliphatic heterocycles. The molecule has 1 aliphatic carbocycles. The number of hydrogen-bond acceptors (Lipinski definition) is 2. The molecule has 0 aromatic heterocycles. The van der Waals surface area contributed by atoms with Crippen LogP contribution in [0.4, 0.5) is 0 Å². The van der Waals surface area contributed by atoms with Crippen LogP contribution < -0.4 is 0 Å². The highest BCUT2D eigenvalue weighted by Crippen LogP contribution is 2.31. The Balaban J connectivity index is 1.78. The topological polar surface area (TPSA) is 23.5 Å². The molecule has 1 N–H and O–H groups in total. The van der Waals surface area contributed by atoms with Gasteiger partial charge in [0.15, 0.2) is 0 Å². The summed E-state index contributed by atoms with van der Waals surface area (Å²) in [5, 5.41) is 9.41. The van der Waals surface area contributed by atoms with Crippen LogP contribution in [0.1, 0.15) is 45.4 Å². The molecule has 2 unspecified atom stereocenters. The van der Waals surface area contributed by atoms with Crippen molar-refractivity contribution in [1.29, 1.82) is 0 Å². The van der Waals surface area contributed by atoms with E-state index in [2.05, 4.69) is 11.8 Å². The van der Waals surface area contributed by atoms with E-state index in [0.717, 1.165) is 11.8 Å². The third kappa shape index (κ3) is 3.21. The molecule has 2 aliphatic rings. The minimum atomic E-state index is 0.412. The van der Waals surface area contributed by atoms with Crippen molar-refractivity contribution in [3.05, 3.63) is 0 Å². The smallest absolute Gasteiger partial charge is 0.0462 e. The van der Waals surface area contributed by atoms with E-state index >= 15 is 0 Å². The second-order valence-corrected chi connectivity index (χ2v) is 5.97. The zero-order chi connectivity index (χ0) is 11.4. The summed E-state index contributed by atoms with van der Waals surface area (Å²) in [6, 6.07) is 0. The molecule has 2 rings (SSSR count). The Morgan fingerprint density at radius 2 is 1.62 bits per heavy atom. The van der Waals surface area contributed by atoms with Gasteiger partial charge in [0.25, 0.3) is 0 Å². The monoisotopic (exact) mass is 225 g/mol. The van der Waals surface area contributed by atoms with Crippen LogP contribution in [0.2, 0.25) is 0 Å². The molecule has 2 nitrogen and oxygen atoms in total. The van der Waals surface area contributed by atoms with Crippen LogP contribution in [0.25, 0.3) is 0 Å². The first-order chi connectivity index (χ1) is 7.79. The van der Waals surface area contributed by atoms with Crippen LogP contribution in [-0.2, 0) is 0 Å². The summed E-state index contributed by atoms with van der Waals surface area (Å²) in [5.41, 5.74) is 0. The predicted octanol–water partition coefficient (Wildman–Crippen LogP) is 2.52. The number of likely N-dealkylation sites (tertiary alicyclic amines) is 1. The van der Waals surface area contributed by atoms with Crippen molar-refractivity contribution in [3.8, 4) is 0 Å². The SMILES string of the molecule is CC1CCN(CC2CCCCC2CO)CC1. The van der Waals surface area contributed by atoms with Gasteiger partial charge in [-0.05, 0) is 56.5 Å². The fourth-order valence-electron chi connectivity index (χ4n) is 3.34. The van der Waals surface area contributed by atoms with Crippen molar-refractivity contribution in [3.63, 3.8) is 0 Å². The lowest BCUT2D eigenvalue weighted by Gasteiger charge is -2.37. The van der Waals surface area contributed by atoms with E-state index in [1.54, 1.807) is 0 Å². The van der Waals surface area contributed by atoms with Crippen molar-refractivity contribution in [1.82, 2.24) is 4.90 Å². The highest BCUT2D eigenvalue weighted by molar-refractivity contribution is 4.79. The zero-order valence-electron chi connectivity index (χ0n) is 10.7. The minimum absolute atomic E-state index is 0.412. The van der Waals surface area contributed by atoms with E-state index in [4.69, 9.17) is 0 Å². The number of piperidine rings is 1. The second-order valence-electron chi connectivity index (χ2n) is 5.97. The van der Waals surface area contributed by atoms with Gasteiger partial charge < -0.3 is 10.0 Å². The third-order valence-corrected chi connectivity index (χ3v) is 4.67. The van der Waals surface area contributed by atoms with Crippen molar-refractivity contribution in [2.75, 3.05) is 26.2 Å². The molecular formula is C14H27NO. The van der Waals surface area contributed by atoms with Gasteiger partial charge in [0.05, 0.1) is 0 Å². The van der Waals surface area contributed by atoms with Crippen LogP contribution in [0, 0.1) is 17.8 Å². The summed E-state index contributed by atoms with van der Waals surface area (Å²) in [6.07, 6.45) is 8.06. The summed E-state index contributed by atoms with van der Waals surface area (Å²) in [4.78, 5) is 2.64. The molecule has 0 aromatic carbocycles. The molecule has 94 valence electrons. The lowest BCUT2D eigenvalue weighted by molar-refractivity contribution is 0.0852. The van der Waals surface area contributed by atoms with Gasteiger partial charge >= 0.3 is 0 Å². The van der Waals surface area contributed by atoms with Crippen molar-refractivity contribution >= 4 is 0 Å². The average molecular weight is 225 g/mol. The number of nitrogens with zero attached hydrogens (tertiary/aromatic N) is 1. The molecule has 1 saturated heterocycles. The van der Waals surface area contributed by atoms with Gasteiger partial charge in [-0.25, -0.2) is 0 Å². The number of aliphatic hydroxyl groups is 1. The predicted molar refractivity (Wildman–Crippen MR) is 67.4 cm³/mol. The molecule has 16 heavy (non-hydrogen) atoms. The van der Waals surface area contributed by atoms with Gasteiger partial charge in [0.2, 0.25) is 0 Å². The molecule has 0 aromatic rings. The van der Waals surface area contributed by atoms with Crippen molar-refractivity contribution in [2.24, 2.45) is 17.8 Å². The third-order valence-electron chi connectivity index (χ3n) is 4.67. The molecule has 0 spiro atoms. The number of rotatable bonds is 3. The first-order valence-corrected chi connectivity index (χ1v) is 7.13. The highest BCUT2D eigenvalue weighted by atomic mass is 16.3. The molecule has 2 fully saturated rings. The van der Waals surface area contributed by atoms with Crippen molar-refractivity contribution < 1.29 is 5.11 Å². The first kappa shape index (κ1) is 12.4. The van der Waals surface area contributed by atoms with E-state index in [9.17, 15) is 5.11 Å². The maximum absolute atomic E-state index is 9.41. The van der Waals surface area contributed by atoms with E-state index in [-0.39, 0.29) is 0 Å². The van der Waals surface area contributed by atoms with Crippen LogP contribution >= 0.6 is 0 Å². The van der Waals surface area contributed by atoms with Crippen LogP contribution in [0.15, 0.2) is 0 Å². The van der Waals surface area contributed by atoms with Gasteiger partial charge in [0.1, 0.15) is 0 Å². The molecule has 0 amide bonds. The quantitative estimate of drug-likeness (QED) is 0.798. The lowest BCUT2D eigenvalue weighted by Crippen LogP contribution is -2.40. The minimum Gasteiger partial charge on any atom is -0.396 e. The first-order valence-electron chi connectivity index (χ1n) is 7.13. The molecule has 0 radical (unpaired) electrons. The molecule has 2 atom stereocenters. The molecule has 1 saturated carbocycles. The summed E-state index contributed by atoms with van der Waals surface area (Å²) in [5.74, 6) is 2.29. The maximum atomic E-state index is 9.41. The Hall–Kier alpha value is -0.0800. The van der Waals surface area contributed by atoms with E-state index in [1.165, 1.54) is 58.2 Å². The van der Waals surface area contributed by atoms with Gasteiger partial charge in [-0.1, -0.05) is 19.8 Å². The summed E-state index contributed by atoms with van der Waals surface area (Å²) in [6.45, 7) is 6.60. The molecule has 1 heterocycles. The van der Waals surface area contributed by atoms with Gasteiger partial charge in [0, 0.05) is 13.2 Å². The van der Waals surface area contributed by atoms with Gasteiger partial charge in [-0.3, -0.25) is 0 Å². The highest BCUT2D eigenvalue weighted by Gasteiger charge is 2.27. The number of aliphatic hydroxyl groups excluding tert-OH is 1. The second kappa shape index (κ2) is 6.02. The fraction of sp³-hybridized carbons (Fsp3) is 1.00. The number of hydrogen-bond donors (Lipinski definition) is 1. The Kier molecular flexibility index (Phi) is 4.66. The Morgan fingerprint density at radius 3 is 2.25 bits per heavy atom. The van der Waals surface area contributed by atoms with Gasteiger partial charge in [-0.2, -0.15) is 0 Å². The van der Waals surface area contributed by atoms with Crippen molar-refractivity contribution in [2.45, 2.75) is 45.4 Å². The van der Waals surface area contributed by atoms with Gasteiger partial charge in [-0.15, -0.1) is 0 Å². The largest absolute Gasteiger partial charge is 0.396 e. The van der Waals surface area contributed by atoms with Crippen LogP contribution in [0.3, 0.4) is 0 Å². The van der Waals surface area contributed by atoms with Crippen LogP contribution in [-0.4, -0.2) is 36.2 Å². The normalized spacial score (nSPS) is 34.1. The molecule has 0 bridgehead atoms. The van der Waals surface area contributed by atoms with E-state index < -0.39 is 0 Å². The average Bonchev–Trinajstić information content (AvgIpc) is 2.33. The zero-order valence-corrected chi connectivity index (χ0v) is 10.7. The molecular weight excluding hydrogens is 198 g/mol. The van der Waals surface area contributed by atoms with E-state index in [1.807, 2.05) is 0 Å². The Labute approximate surface area is 100 Å².